The summed E-state index contributed by atoms with van der Waals surface area (Å²) in [5.74, 6) is -0.395. The Balaban J connectivity index is 1.87. The average Bonchev–Trinajstić information content (AvgIpc) is 3.22. The van der Waals surface area contributed by atoms with Crippen LogP contribution in [0.4, 0.5) is 0 Å². The van der Waals surface area contributed by atoms with Gasteiger partial charge in [-0.05, 0) is 42.8 Å². The second-order valence-corrected chi connectivity index (χ2v) is 9.65. The molecule has 3 aromatic rings. The van der Waals surface area contributed by atoms with Crippen LogP contribution in [-0.4, -0.2) is 12.1 Å². The van der Waals surface area contributed by atoms with Gasteiger partial charge in [0.15, 0.2) is 0 Å². The van der Waals surface area contributed by atoms with Crippen LogP contribution in [0.5, 0.6) is 0 Å². The Labute approximate surface area is 170 Å². The number of nitrogens with one attached hydrogen (secondary N) is 1. The van der Waals surface area contributed by atoms with E-state index in [0.29, 0.717) is 10.6 Å². The smallest absolute Gasteiger partial charge is 0.331 e. The van der Waals surface area contributed by atoms with Crippen molar-refractivity contribution >= 4 is 23.9 Å². The van der Waals surface area contributed by atoms with Gasteiger partial charge in [-0.15, -0.1) is 0 Å². The summed E-state index contributed by atoms with van der Waals surface area (Å²) in [5.41, 5.74) is -0.0121. The van der Waals surface area contributed by atoms with E-state index < -0.39 is 24.9 Å². The first kappa shape index (κ1) is 19.4. The fourth-order valence-corrected chi connectivity index (χ4v) is 6.29. The first-order valence-electron chi connectivity index (χ1n) is 9.47. The Hall–Kier alpha value is -2.94. The van der Waals surface area contributed by atoms with Gasteiger partial charge in [0.2, 0.25) is 7.29 Å². The molecule has 0 radical (unpaired) electrons. The number of hydrogen-bond acceptors (Lipinski definition) is 3. The molecule has 0 saturated carbocycles. The molecule has 0 bridgehead atoms. The third-order valence-corrected chi connectivity index (χ3v) is 8.05. The number of ether oxygens (including phenoxy) is 1. The van der Waals surface area contributed by atoms with Gasteiger partial charge in [0.25, 0.3) is 0 Å². The fraction of sp³-hybridized carbons (Fsp3) is 0.125. The number of carbonyl (C=O) groups excluding carboxylic acids is 1. The first-order valence-corrected chi connectivity index (χ1v) is 11.2. The predicted molar refractivity (Wildman–Crippen MR) is 116 cm³/mol. The second kappa shape index (κ2) is 7.82. The van der Waals surface area contributed by atoms with E-state index in [1.165, 1.54) is 6.08 Å². The zero-order chi connectivity index (χ0) is 20.3. The summed E-state index contributed by atoms with van der Waals surface area (Å²) in [6.07, 6.45) is 2.56. The molecule has 1 heterocycles. The molecule has 0 amide bonds. The standard InChI is InChI=1S/C24H22NO3P/c1-24(19-11-5-2-6-12-19,22-17-18-23(26)28-22)25-29(27,20-13-7-3-8-14-20)21-15-9-4-10-16-21/h2-18,22H,1H3,(H,25,27)/t22-,24-/m1/s1. The van der Waals surface area contributed by atoms with E-state index in [4.69, 9.17) is 4.74 Å². The summed E-state index contributed by atoms with van der Waals surface area (Å²) >= 11 is 0. The summed E-state index contributed by atoms with van der Waals surface area (Å²) in [4.78, 5) is 11.8. The third kappa shape index (κ3) is 3.69. The number of benzene rings is 3. The summed E-state index contributed by atoms with van der Waals surface area (Å²) in [6.45, 7) is 1.93. The molecule has 4 nitrogen and oxygen atoms in total. The summed E-state index contributed by atoms with van der Waals surface area (Å²) in [6, 6.07) is 28.4. The lowest BCUT2D eigenvalue weighted by Crippen LogP contribution is -2.50. The van der Waals surface area contributed by atoms with Crippen molar-refractivity contribution in [1.29, 1.82) is 0 Å². The van der Waals surface area contributed by atoms with Gasteiger partial charge in [0.05, 0.1) is 5.54 Å². The van der Waals surface area contributed by atoms with E-state index >= 15 is 0 Å². The van der Waals surface area contributed by atoms with Gasteiger partial charge in [0.1, 0.15) is 6.10 Å². The maximum Gasteiger partial charge on any atom is 0.331 e. The van der Waals surface area contributed by atoms with Crippen LogP contribution in [-0.2, 0) is 19.6 Å². The summed E-state index contributed by atoms with van der Waals surface area (Å²) in [5, 5.41) is 4.84. The number of cyclic esters (lactones) is 1. The van der Waals surface area contributed by atoms with Crippen molar-refractivity contribution in [2.75, 3.05) is 0 Å². The van der Waals surface area contributed by atoms with Gasteiger partial charge >= 0.3 is 5.97 Å². The van der Waals surface area contributed by atoms with Crippen LogP contribution in [0.1, 0.15) is 12.5 Å². The van der Waals surface area contributed by atoms with Gasteiger partial charge in [-0.2, -0.15) is 0 Å². The SMILES string of the molecule is C[C@@](NP(=O)(c1ccccc1)c1ccccc1)(c1ccccc1)[C@H]1C=CC(=O)O1. The van der Waals surface area contributed by atoms with Crippen molar-refractivity contribution in [1.82, 2.24) is 5.09 Å². The highest BCUT2D eigenvalue weighted by Crippen LogP contribution is 2.45. The molecule has 0 saturated heterocycles. The van der Waals surface area contributed by atoms with Crippen LogP contribution in [0.2, 0.25) is 0 Å². The molecule has 1 N–H and O–H groups in total. The van der Waals surface area contributed by atoms with Crippen molar-refractivity contribution in [3.05, 3.63) is 109 Å². The Kier molecular flexibility index (Phi) is 5.23. The molecule has 2 atom stereocenters. The van der Waals surface area contributed by atoms with E-state index in [0.717, 1.165) is 5.56 Å². The number of hydrogen-bond donors (Lipinski definition) is 1. The van der Waals surface area contributed by atoms with Crippen LogP contribution in [0.15, 0.2) is 103 Å². The molecule has 29 heavy (non-hydrogen) atoms. The maximum atomic E-state index is 14.6. The number of carbonyl (C=O) groups is 1. The highest BCUT2D eigenvalue weighted by molar-refractivity contribution is 7.77. The normalized spacial score (nSPS) is 18.2. The summed E-state index contributed by atoms with van der Waals surface area (Å²) in [7, 11) is -3.26. The molecule has 3 aromatic carbocycles. The molecule has 0 spiro atoms. The van der Waals surface area contributed by atoms with E-state index in [1.807, 2.05) is 97.9 Å². The van der Waals surface area contributed by atoms with E-state index in [-0.39, 0.29) is 0 Å². The van der Waals surface area contributed by atoms with Gasteiger partial charge < -0.3 is 4.74 Å². The average molecular weight is 403 g/mol. The summed E-state index contributed by atoms with van der Waals surface area (Å²) < 4.78 is 20.1. The van der Waals surface area contributed by atoms with Gasteiger partial charge in [-0.3, -0.25) is 4.57 Å². The second-order valence-electron chi connectivity index (χ2n) is 7.18. The Morgan fingerprint density at radius 2 is 1.31 bits per heavy atom. The van der Waals surface area contributed by atoms with Crippen LogP contribution < -0.4 is 15.7 Å². The molecule has 4 rings (SSSR count). The quantitative estimate of drug-likeness (QED) is 0.501. The Morgan fingerprint density at radius 3 is 1.76 bits per heavy atom. The van der Waals surface area contributed by atoms with Crippen LogP contribution >= 0.6 is 7.29 Å². The minimum Gasteiger partial charge on any atom is -0.453 e. The highest BCUT2D eigenvalue weighted by atomic mass is 31.2. The highest BCUT2D eigenvalue weighted by Gasteiger charge is 2.45. The Morgan fingerprint density at radius 1 is 0.828 bits per heavy atom. The largest absolute Gasteiger partial charge is 0.453 e. The zero-order valence-corrected chi connectivity index (χ0v) is 17.0. The van der Waals surface area contributed by atoms with E-state index in [9.17, 15) is 9.36 Å². The molecule has 0 aromatic heterocycles. The molecule has 0 unspecified atom stereocenters. The molecule has 5 heteroatoms. The van der Waals surface area contributed by atoms with Crippen LogP contribution in [0.25, 0.3) is 0 Å². The minimum atomic E-state index is -3.26. The number of esters is 1. The van der Waals surface area contributed by atoms with Crippen molar-refractivity contribution in [2.45, 2.75) is 18.6 Å². The van der Waals surface area contributed by atoms with Crippen molar-refractivity contribution < 1.29 is 14.1 Å². The van der Waals surface area contributed by atoms with Gasteiger partial charge in [-0.25, -0.2) is 9.88 Å². The predicted octanol–water partition coefficient (Wildman–Crippen LogP) is 3.90. The van der Waals surface area contributed by atoms with E-state index in [2.05, 4.69) is 5.09 Å². The minimum absolute atomic E-state index is 0.395. The maximum absolute atomic E-state index is 14.6. The molecule has 1 aliphatic heterocycles. The van der Waals surface area contributed by atoms with Crippen molar-refractivity contribution in [3.63, 3.8) is 0 Å². The van der Waals surface area contributed by atoms with Crippen molar-refractivity contribution in [2.24, 2.45) is 0 Å². The molecule has 146 valence electrons. The Bertz CT molecular complexity index is 1020. The lowest BCUT2D eigenvalue weighted by atomic mass is 9.87. The molecular formula is C24H22NO3P. The van der Waals surface area contributed by atoms with Crippen LogP contribution in [0, 0.1) is 0 Å². The zero-order valence-electron chi connectivity index (χ0n) is 16.1. The number of rotatable bonds is 6. The first-order chi connectivity index (χ1) is 14.0. The van der Waals surface area contributed by atoms with Crippen molar-refractivity contribution in [3.8, 4) is 0 Å². The lowest BCUT2D eigenvalue weighted by molar-refractivity contribution is -0.141. The monoisotopic (exact) mass is 403 g/mol. The van der Waals surface area contributed by atoms with Gasteiger partial charge in [0, 0.05) is 16.7 Å². The topological polar surface area (TPSA) is 55.4 Å². The molecule has 0 fully saturated rings. The fourth-order valence-electron chi connectivity index (χ4n) is 3.64. The molecular weight excluding hydrogens is 381 g/mol. The van der Waals surface area contributed by atoms with Gasteiger partial charge in [-0.1, -0.05) is 66.7 Å². The lowest BCUT2D eigenvalue weighted by Gasteiger charge is -2.39. The third-order valence-electron chi connectivity index (χ3n) is 5.22. The molecule has 1 aliphatic rings. The van der Waals surface area contributed by atoms with Crippen LogP contribution in [0.3, 0.4) is 0 Å². The van der Waals surface area contributed by atoms with E-state index in [1.54, 1.807) is 6.08 Å². The molecule has 0 aliphatic carbocycles.